The fraction of sp³-hybridized carbons (Fsp3) is 0.0625. The highest BCUT2D eigenvalue weighted by atomic mass is 35.5. The van der Waals surface area contributed by atoms with Crippen molar-refractivity contribution in [3.8, 4) is 5.88 Å². The van der Waals surface area contributed by atoms with Gasteiger partial charge in [0.25, 0.3) is 0 Å². The molecule has 7 heteroatoms. The van der Waals surface area contributed by atoms with Crippen LogP contribution >= 0.6 is 46.1 Å². The molecule has 3 aromatic rings. The number of aromatic nitrogens is 1. The molecule has 0 unspecified atom stereocenters. The van der Waals surface area contributed by atoms with Crippen molar-refractivity contribution in [1.29, 1.82) is 0 Å². The van der Waals surface area contributed by atoms with Crippen molar-refractivity contribution in [3.63, 3.8) is 0 Å². The Hall–Kier alpha value is -1.46. The standard InChI is InChI=1S/C16H11Cl3N2OS/c17-10-4-6-11(7-5-10)20-16-21-15(22)13(23-16)8-9-2-1-3-12(18)14(9)19/h1-7,22H,8H2,(H,20,21). The summed E-state index contributed by atoms with van der Waals surface area (Å²) in [7, 11) is 0. The van der Waals surface area contributed by atoms with Crippen molar-refractivity contribution < 1.29 is 5.11 Å². The number of aromatic hydroxyl groups is 1. The minimum Gasteiger partial charge on any atom is -0.492 e. The van der Waals surface area contributed by atoms with Gasteiger partial charge in [0.1, 0.15) is 0 Å². The number of anilines is 2. The maximum absolute atomic E-state index is 10.0. The Balaban J connectivity index is 1.80. The highest BCUT2D eigenvalue weighted by molar-refractivity contribution is 7.16. The molecule has 0 atom stereocenters. The lowest BCUT2D eigenvalue weighted by atomic mass is 10.1. The molecule has 23 heavy (non-hydrogen) atoms. The Kier molecular flexibility index (Phi) is 4.97. The molecular weight excluding hydrogens is 375 g/mol. The summed E-state index contributed by atoms with van der Waals surface area (Å²) < 4.78 is 0. The molecule has 0 amide bonds. The number of thiazole rings is 1. The van der Waals surface area contributed by atoms with Crippen molar-refractivity contribution in [1.82, 2.24) is 4.98 Å². The third-order valence-electron chi connectivity index (χ3n) is 3.15. The average Bonchev–Trinajstić information content (AvgIpc) is 2.86. The Morgan fingerprint density at radius 2 is 1.78 bits per heavy atom. The van der Waals surface area contributed by atoms with Gasteiger partial charge in [-0.05, 0) is 35.9 Å². The van der Waals surface area contributed by atoms with E-state index in [0.29, 0.717) is 31.5 Å². The Morgan fingerprint density at radius 3 is 2.52 bits per heavy atom. The predicted octanol–water partition coefficient (Wildman–Crippen LogP) is 6.14. The van der Waals surface area contributed by atoms with Crippen molar-refractivity contribution >= 4 is 57.0 Å². The molecule has 1 heterocycles. The van der Waals surface area contributed by atoms with Crippen LogP contribution in [0.5, 0.6) is 5.88 Å². The topological polar surface area (TPSA) is 45.2 Å². The third kappa shape index (κ3) is 3.90. The van der Waals surface area contributed by atoms with Gasteiger partial charge < -0.3 is 10.4 Å². The number of nitrogens with one attached hydrogen (secondary N) is 1. The minimum atomic E-state index is -0.0116. The van der Waals surface area contributed by atoms with Gasteiger partial charge in [0.2, 0.25) is 5.88 Å². The molecule has 0 saturated carbocycles. The zero-order valence-corrected chi connectivity index (χ0v) is 14.8. The quantitative estimate of drug-likeness (QED) is 0.566. The van der Waals surface area contributed by atoms with E-state index in [1.54, 1.807) is 18.2 Å². The Bertz CT molecular complexity index is 834. The average molecular weight is 386 g/mol. The summed E-state index contributed by atoms with van der Waals surface area (Å²) in [6, 6.07) is 12.7. The van der Waals surface area contributed by atoms with Crippen molar-refractivity contribution in [2.75, 3.05) is 5.32 Å². The van der Waals surface area contributed by atoms with Gasteiger partial charge in [-0.25, -0.2) is 0 Å². The highest BCUT2D eigenvalue weighted by Crippen LogP contribution is 2.35. The first kappa shape index (κ1) is 16.4. The van der Waals surface area contributed by atoms with Gasteiger partial charge in [-0.3, -0.25) is 0 Å². The molecule has 3 rings (SSSR count). The number of rotatable bonds is 4. The Morgan fingerprint density at radius 1 is 1.04 bits per heavy atom. The lowest BCUT2D eigenvalue weighted by molar-refractivity contribution is 0.453. The van der Waals surface area contributed by atoms with Crippen LogP contribution < -0.4 is 5.32 Å². The van der Waals surface area contributed by atoms with Gasteiger partial charge in [0.05, 0.1) is 14.9 Å². The van der Waals surface area contributed by atoms with E-state index >= 15 is 0 Å². The molecule has 3 nitrogen and oxygen atoms in total. The Labute approximate surface area is 152 Å². The van der Waals surface area contributed by atoms with E-state index in [-0.39, 0.29) is 5.88 Å². The molecule has 1 aromatic heterocycles. The lowest BCUT2D eigenvalue weighted by Crippen LogP contribution is -1.87. The second-order valence-electron chi connectivity index (χ2n) is 4.79. The van der Waals surface area contributed by atoms with Crippen LogP contribution in [-0.2, 0) is 6.42 Å². The molecule has 0 aliphatic rings. The van der Waals surface area contributed by atoms with E-state index in [0.717, 1.165) is 11.3 Å². The summed E-state index contributed by atoms with van der Waals surface area (Å²) in [5, 5.41) is 15.4. The summed E-state index contributed by atoms with van der Waals surface area (Å²) >= 11 is 19.4. The van der Waals surface area contributed by atoms with E-state index in [4.69, 9.17) is 34.8 Å². The van der Waals surface area contributed by atoms with E-state index < -0.39 is 0 Å². The maximum Gasteiger partial charge on any atom is 0.227 e. The number of hydrogen-bond donors (Lipinski definition) is 2. The zero-order chi connectivity index (χ0) is 16.4. The number of hydrogen-bond acceptors (Lipinski definition) is 4. The fourth-order valence-electron chi connectivity index (χ4n) is 2.03. The molecule has 0 spiro atoms. The smallest absolute Gasteiger partial charge is 0.227 e. The molecule has 0 fully saturated rings. The zero-order valence-electron chi connectivity index (χ0n) is 11.7. The highest BCUT2D eigenvalue weighted by Gasteiger charge is 2.13. The number of halogens is 3. The predicted molar refractivity (Wildman–Crippen MR) is 97.8 cm³/mol. The SMILES string of the molecule is Oc1nc(Nc2ccc(Cl)cc2)sc1Cc1cccc(Cl)c1Cl. The van der Waals surface area contributed by atoms with Crippen LogP contribution in [0.1, 0.15) is 10.4 Å². The van der Waals surface area contributed by atoms with Crippen LogP contribution in [0, 0.1) is 0 Å². The largest absolute Gasteiger partial charge is 0.492 e. The van der Waals surface area contributed by atoms with Crippen LogP contribution in [0.2, 0.25) is 15.1 Å². The van der Waals surface area contributed by atoms with Crippen LogP contribution in [0.15, 0.2) is 42.5 Å². The fourth-order valence-corrected chi connectivity index (χ4v) is 3.44. The van der Waals surface area contributed by atoms with E-state index in [1.807, 2.05) is 24.3 Å². The third-order valence-corrected chi connectivity index (χ3v) is 5.22. The second kappa shape index (κ2) is 6.97. The van der Waals surface area contributed by atoms with Crippen LogP contribution in [0.25, 0.3) is 0 Å². The van der Waals surface area contributed by atoms with Gasteiger partial charge in [0.15, 0.2) is 5.13 Å². The van der Waals surface area contributed by atoms with Gasteiger partial charge in [-0.1, -0.05) is 58.3 Å². The minimum absolute atomic E-state index is 0.0116. The normalized spacial score (nSPS) is 10.7. The maximum atomic E-state index is 10.0. The van der Waals surface area contributed by atoms with Crippen molar-refractivity contribution in [2.45, 2.75) is 6.42 Å². The molecule has 0 aliphatic carbocycles. The van der Waals surface area contributed by atoms with Crippen LogP contribution in [0.3, 0.4) is 0 Å². The van der Waals surface area contributed by atoms with Gasteiger partial charge in [-0.2, -0.15) is 4.98 Å². The monoisotopic (exact) mass is 384 g/mol. The molecule has 2 aromatic carbocycles. The first-order chi connectivity index (χ1) is 11.0. The molecule has 0 radical (unpaired) electrons. The molecule has 0 aliphatic heterocycles. The summed E-state index contributed by atoms with van der Waals surface area (Å²) in [5.74, 6) is -0.0116. The summed E-state index contributed by atoms with van der Waals surface area (Å²) in [6.07, 6.45) is 0.463. The lowest BCUT2D eigenvalue weighted by Gasteiger charge is -2.04. The van der Waals surface area contributed by atoms with Gasteiger partial charge >= 0.3 is 0 Å². The molecule has 118 valence electrons. The molecule has 0 bridgehead atoms. The molecular formula is C16H11Cl3N2OS. The van der Waals surface area contributed by atoms with Crippen LogP contribution in [0.4, 0.5) is 10.8 Å². The second-order valence-corrected chi connectivity index (χ2v) is 7.09. The summed E-state index contributed by atoms with van der Waals surface area (Å²) in [6.45, 7) is 0. The molecule has 2 N–H and O–H groups in total. The van der Waals surface area contributed by atoms with Crippen molar-refractivity contribution in [3.05, 3.63) is 68.0 Å². The van der Waals surface area contributed by atoms with E-state index in [9.17, 15) is 5.11 Å². The van der Waals surface area contributed by atoms with Crippen LogP contribution in [-0.4, -0.2) is 10.1 Å². The van der Waals surface area contributed by atoms with E-state index in [1.165, 1.54) is 11.3 Å². The first-order valence-electron chi connectivity index (χ1n) is 6.67. The summed E-state index contributed by atoms with van der Waals surface area (Å²) in [4.78, 5) is 4.84. The number of nitrogens with zero attached hydrogens (tertiary/aromatic N) is 1. The number of benzene rings is 2. The van der Waals surface area contributed by atoms with Gasteiger partial charge in [0, 0.05) is 17.1 Å². The summed E-state index contributed by atoms with van der Waals surface area (Å²) in [5.41, 5.74) is 1.69. The first-order valence-corrected chi connectivity index (χ1v) is 8.62. The van der Waals surface area contributed by atoms with Crippen molar-refractivity contribution in [2.24, 2.45) is 0 Å². The van der Waals surface area contributed by atoms with E-state index in [2.05, 4.69) is 10.3 Å². The molecule has 0 saturated heterocycles. The van der Waals surface area contributed by atoms with Gasteiger partial charge in [-0.15, -0.1) is 0 Å².